The van der Waals surface area contributed by atoms with Gasteiger partial charge in [0.1, 0.15) is 18.3 Å². The van der Waals surface area contributed by atoms with Crippen molar-refractivity contribution >= 4 is 0 Å². The second-order valence-electron chi connectivity index (χ2n) is 3.88. The van der Waals surface area contributed by atoms with Gasteiger partial charge in [0.25, 0.3) is 0 Å². The van der Waals surface area contributed by atoms with Gasteiger partial charge in [-0.2, -0.15) is 0 Å². The van der Waals surface area contributed by atoms with Crippen molar-refractivity contribution in [2.75, 3.05) is 0 Å². The minimum absolute atomic E-state index is 0.484. The first kappa shape index (κ1) is 13.8. The van der Waals surface area contributed by atoms with E-state index in [9.17, 15) is 15.3 Å². The molecular formula is C10H24NO3+. The molecule has 3 unspecified atom stereocenters. The maximum Gasteiger partial charge on any atom is 0.173 e. The molecule has 0 aromatic heterocycles. The summed E-state index contributed by atoms with van der Waals surface area (Å²) in [6.45, 7) is 5.44. The van der Waals surface area contributed by atoms with Gasteiger partial charge >= 0.3 is 0 Å². The van der Waals surface area contributed by atoms with Gasteiger partial charge in [0.15, 0.2) is 5.54 Å². The third kappa shape index (κ3) is 2.45. The van der Waals surface area contributed by atoms with Crippen LogP contribution < -0.4 is 5.73 Å². The van der Waals surface area contributed by atoms with Gasteiger partial charge in [-0.3, -0.25) is 0 Å². The molecule has 0 aromatic rings. The van der Waals surface area contributed by atoms with Crippen LogP contribution in [0.3, 0.4) is 0 Å². The first-order valence-corrected chi connectivity index (χ1v) is 5.34. The summed E-state index contributed by atoms with van der Waals surface area (Å²) in [5.74, 6) is 0. The molecule has 0 rings (SSSR count). The van der Waals surface area contributed by atoms with E-state index in [1.54, 1.807) is 0 Å². The Morgan fingerprint density at radius 1 is 0.857 bits per heavy atom. The number of hydrogen-bond acceptors (Lipinski definition) is 3. The molecule has 0 spiro atoms. The van der Waals surface area contributed by atoms with Crippen LogP contribution in [0.1, 0.15) is 40.0 Å². The molecule has 4 nitrogen and oxygen atoms in total. The average molecular weight is 206 g/mol. The van der Waals surface area contributed by atoms with Crippen LogP contribution in [0.25, 0.3) is 0 Å². The van der Waals surface area contributed by atoms with Gasteiger partial charge < -0.3 is 21.1 Å². The van der Waals surface area contributed by atoms with Gasteiger partial charge in [0.05, 0.1) is 0 Å². The van der Waals surface area contributed by atoms with Gasteiger partial charge in [-0.15, -0.1) is 0 Å². The monoisotopic (exact) mass is 206 g/mol. The molecule has 0 radical (unpaired) electrons. The Bertz CT molecular complexity index is 137. The molecule has 0 amide bonds. The number of aliphatic hydroxyl groups is 3. The highest BCUT2D eigenvalue weighted by molar-refractivity contribution is 4.96. The van der Waals surface area contributed by atoms with Crippen molar-refractivity contribution in [1.29, 1.82) is 0 Å². The maximum absolute atomic E-state index is 9.80. The lowest BCUT2D eigenvalue weighted by Crippen LogP contribution is -2.87. The van der Waals surface area contributed by atoms with Gasteiger partial charge in [-0.05, 0) is 19.3 Å². The van der Waals surface area contributed by atoms with E-state index in [4.69, 9.17) is 0 Å². The number of aliphatic hydroxyl groups excluding tert-OH is 3. The molecule has 0 aromatic carbocycles. The molecule has 0 aliphatic rings. The van der Waals surface area contributed by atoms with Crippen LogP contribution in [0.4, 0.5) is 0 Å². The Hall–Kier alpha value is -0.160. The molecule has 3 atom stereocenters. The van der Waals surface area contributed by atoms with Crippen LogP contribution >= 0.6 is 0 Å². The van der Waals surface area contributed by atoms with E-state index in [1.165, 1.54) is 0 Å². The van der Waals surface area contributed by atoms with Crippen molar-refractivity contribution in [2.24, 2.45) is 0 Å². The summed E-state index contributed by atoms with van der Waals surface area (Å²) in [6, 6.07) is 0. The number of rotatable bonds is 6. The van der Waals surface area contributed by atoms with Crippen molar-refractivity contribution in [1.82, 2.24) is 0 Å². The zero-order valence-electron chi connectivity index (χ0n) is 9.40. The molecule has 0 fully saturated rings. The molecule has 0 aliphatic carbocycles. The quantitative estimate of drug-likeness (QED) is 0.462. The van der Waals surface area contributed by atoms with Gasteiger partial charge in [-0.1, -0.05) is 20.8 Å². The Balaban J connectivity index is 4.83. The highest BCUT2D eigenvalue weighted by atomic mass is 16.3. The van der Waals surface area contributed by atoms with Gasteiger partial charge in [0.2, 0.25) is 0 Å². The van der Waals surface area contributed by atoms with E-state index in [0.717, 1.165) is 0 Å². The summed E-state index contributed by atoms with van der Waals surface area (Å²) in [7, 11) is 0. The molecule has 0 aliphatic heterocycles. The fraction of sp³-hybridized carbons (Fsp3) is 1.00. The van der Waals surface area contributed by atoms with Crippen molar-refractivity contribution in [3.8, 4) is 0 Å². The molecule has 14 heavy (non-hydrogen) atoms. The Labute approximate surface area is 85.7 Å². The van der Waals surface area contributed by atoms with E-state index < -0.39 is 23.9 Å². The highest BCUT2D eigenvalue weighted by Crippen LogP contribution is 2.22. The topological polar surface area (TPSA) is 88.3 Å². The molecule has 86 valence electrons. The van der Waals surface area contributed by atoms with E-state index in [2.05, 4.69) is 5.73 Å². The van der Waals surface area contributed by atoms with Crippen LogP contribution in [0, 0.1) is 0 Å². The fourth-order valence-corrected chi connectivity index (χ4v) is 1.81. The summed E-state index contributed by atoms with van der Waals surface area (Å²) in [5.41, 5.74) is 2.77. The summed E-state index contributed by atoms with van der Waals surface area (Å²) in [5, 5.41) is 29.4. The lowest BCUT2D eigenvalue weighted by atomic mass is 9.78. The molecule has 6 N–H and O–H groups in total. The third-order valence-corrected chi connectivity index (χ3v) is 3.02. The second-order valence-corrected chi connectivity index (χ2v) is 3.88. The van der Waals surface area contributed by atoms with Crippen LogP contribution in [0.5, 0.6) is 0 Å². The molecule has 0 heterocycles. The van der Waals surface area contributed by atoms with Gasteiger partial charge in [-0.25, -0.2) is 0 Å². The first-order chi connectivity index (χ1) is 6.44. The summed E-state index contributed by atoms with van der Waals surface area (Å²) in [6.07, 6.45) is -0.862. The standard InChI is InChI=1S/C10H23NO3/c1-4-7(12)10(11,8(13)5-2)9(14)6-3/h7-9,12-14H,4-6,11H2,1-3H3/p+1. The van der Waals surface area contributed by atoms with Gasteiger partial charge in [0, 0.05) is 0 Å². The minimum atomic E-state index is -1.06. The zero-order chi connectivity index (χ0) is 11.4. The molecular weight excluding hydrogens is 182 g/mol. The minimum Gasteiger partial charge on any atom is -0.386 e. The molecule has 4 heteroatoms. The Kier molecular flexibility index (Phi) is 5.59. The first-order valence-electron chi connectivity index (χ1n) is 5.34. The predicted octanol–water partition coefficient (Wildman–Crippen LogP) is -0.720. The predicted molar refractivity (Wildman–Crippen MR) is 54.5 cm³/mol. The van der Waals surface area contributed by atoms with Crippen molar-refractivity contribution in [3.05, 3.63) is 0 Å². The zero-order valence-corrected chi connectivity index (χ0v) is 9.40. The van der Waals surface area contributed by atoms with E-state index in [1.807, 2.05) is 20.8 Å². The maximum atomic E-state index is 9.80. The van der Waals surface area contributed by atoms with Crippen molar-refractivity contribution in [3.63, 3.8) is 0 Å². The molecule has 0 saturated carbocycles. The van der Waals surface area contributed by atoms with Crippen LogP contribution in [-0.2, 0) is 0 Å². The fourth-order valence-electron chi connectivity index (χ4n) is 1.81. The number of hydrogen-bond donors (Lipinski definition) is 4. The average Bonchev–Trinajstić information content (AvgIpc) is 2.24. The second kappa shape index (κ2) is 5.66. The van der Waals surface area contributed by atoms with Crippen LogP contribution in [-0.4, -0.2) is 39.2 Å². The molecule has 0 saturated heterocycles. The Morgan fingerprint density at radius 2 is 1.07 bits per heavy atom. The summed E-state index contributed by atoms with van der Waals surface area (Å²) < 4.78 is 0. The largest absolute Gasteiger partial charge is 0.386 e. The van der Waals surface area contributed by atoms with E-state index in [0.29, 0.717) is 19.3 Å². The molecule has 0 bridgehead atoms. The van der Waals surface area contributed by atoms with Crippen LogP contribution in [0.15, 0.2) is 0 Å². The highest BCUT2D eigenvalue weighted by Gasteiger charge is 2.48. The van der Waals surface area contributed by atoms with E-state index in [-0.39, 0.29) is 0 Å². The van der Waals surface area contributed by atoms with Crippen molar-refractivity contribution in [2.45, 2.75) is 63.9 Å². The Morgan fingerprint density at radius 3 is 1.21 bits per heavy atom. The van der Waals surface area contributed by atoms with E-state index >= 15 is 0 Å². The smallest absolute Gasteiger partial charge is 0.173 e. The van der Waals surface area contributed by atoms with Crippen molar-refractivity contribution < 1.29 is 21.1 Å². The lowest BCUT2D eigenvalue weighted by molar-refractivity contribution is -0.533. The summed E-state index contributed by atoms with van der Waals surface area (Å²) >= 11 is 0. The SMILES string of the molecule is CCC(O)C([NH3+])(C(O)CC)C(O)CC. The third-order valence-electron chi connectivity index (χ3n) is 3.02. The lowest BCUT2D eigenvalue weighted by Gasteiger charge is -2.37. The van der Waals surface area contributed by atoms with Crippen LogP contribution in [0.2, 0.25) is 0 Å². The number of quaternary nitrogens is 1. The summed E-state index contributed by atoms with van der Waals surface area (Å²) in [4.78, 5) is 0. The normalized spacial score (nSPS) is 22.5.